The summed E-state index contributed by atoms with van der Waals surface area (Å²) in [4.78, 5) is 26.8. The Bertz CT molecular complexity index is 739. The number of likely N-dealkylation sites (tertiary alicyclic amines) is 1. The smallest absolute Gasteiger partial charge is 0.257 e. The number of ether oxygens (including phenoxy) is 1. The van der Waals surface area contributed by atoms with E-state index in [2.05, 4.69) is 5.32 Å². The predicted octanol–water partition coefficient (Wildman–Crippen LogP) is 2.84. The van der Waals surface area contributed by atoms with Crippen LogP contribution in [0, 0.1) is 6.92 Å². The lowest BCUT2D eigenvalue weighted by molar-refractivity contribution is -0.119. The van der Waals surface area contributed by atoms with Gasteiger partial charge in [-0.1, -0.05) is 6.07 Å². The van der Waals surface area contributed by atoms with E-state index in [4.69, 9.17) is 9.15 Å². The zero-order valence-electron chi connectivity index (χ0n) is 13.7. The fraction of sp³-hybridized carbons (Fsp3) is 0.333. The first-order valence-electron chi connectivity index (χ1n) is 7.89. The van der Waals surface area contributed by atoms with E-state index in [9.17, 15) is 9.59 Å². The van der Waals surface area contributed by atoms with Crippen molar-refractivity contribution in [3.8, 4) is 5.75 Å². The van der Waals surface area contributed by atoms with Crippen molar-refractivity contribution in [1.82, 2.24) is 4.90 Å². The molecule has 0 radical (unpaired) electrons. The number of rotatable bonds is 4. The van der Waals surface area contributed by atoms with Crippen LogP contribution in [0.5, 0.6) is 5.75 Å². The van der Waals surface area contributed by atoms with Gasteiger partial charge < -0.3 is 19.4 Å². The van der Waals surface area contributed by atoms with Gasteiger partial charge in [0.1, 0.15) is 18.1 Å². The predicted molar refractivity (Wildman–Crippen MR) is 89.1 cm³/mol. The molecule has 1 saturated heterocycles. The molecule has 3 rings (SSSR count). The Labute approximate surface area is 140 Å². The van der Waals surface area contributed by atoms with Crippen LogP contribution in [0.1, 0.15) is 28.8 Å². The van der Waals surface area contributed by atoms with Gasteiger partial charge in [0.25, 0.3) is 5.91 Å². The molecule has 1 aromatic heterocycles. The van der Waals surface area contributed by atoms with Crippen LogP contribution in [-0.2, 0) is 4.79 Å². The number of hydrogen-bond acceptors (Lipinski definition) is 4. The van der Waals surface area contributed by atoms with Gasteiger partial charge in [-0.2, -0.15) is 0 Å². The molecule has 6 heteroatoms. The van der Waals surface area contributed by atoms with Gasteiger partial charge in [-0.25, -0.2) is 0 Å². The topological polar surface area (TPSA) is 71.8 Å². The first kappa shape index (κ1) is 16.1. The number of carbonyl (C=O) groups excluding carboxylic acids is 2. The Morgan fingerprint density at radius 3 is 2.88 bits per heavy atom. The van der Waals surface area contributed by atoms with E-state index in [1.54, 1.807) is 18.1 Å². The molecule has 24 heavy (non-hydrogen) atoms. The second-order valence-electron chi connectivity index (χ2n) is 5.86. The summed E-state index contributed by atoms with van der Waals surface area (Å²) in [5.41, 5.74) is 2.09. The van der Waals surface area contributed by atoms with Crippen molar-refractivity contribution < 1.29 is 18.7 Å². The molecule has 0 unspecified atom stereocenters. The molecule has 1 aromatic carbocycles. The van der Waals surface area contributed by atoms with Crippen LogP contribution in [0.4, 0.5) is 5.69 Å². The van der Waals surface area contributed by atoms with Crippen LogP contribution in [0.2, 0.25) is 0 Å². The van der Waals surface area contributed by atoms with Gasteiger partial charge in [-0.15, -0.1) is 0 Å². The van der Waals surface area contributed by atoms with Crippen LogP contribution in [0.25, 0.3) is 0 Å². The van der Waals surface area contributed by atoms with Crippen molar-refractivity contribution >= 4 is 17.5 Å². The lowest BCUT2D eigenvalue weighted by Crippen LogP contribution is -2.43. The van der Waals surface area contributed by atoms with Crippen LogP contribution in [0.15, 0.2) is 41.2 Å². The monoisotopic (exact) mass is 328 g/mol. The molecule has 126 valence electrons. The molecule has 1 fully saturated rings. The highest BCUT2D eigenvalue weighted by Gasteiger charge is 2.35. The van der Waals surface area contributed by atoms with E-state index in [1.165, 1.54) is 12.5 Å². The maximum Gasteiger partial charge on any atom is 0.257 e. The molecule has 2 amide bonds. The molecule has 2 heterocycles. The molecule has 0 bridgehead atoms. The van der Waals surface area contributed by atoms with Crippen LogP contribution < -0.4 is 10.1 Å². The summed E-state index contributed by atoms with van der Waals surface area (Å²) in [6.07, 6.45) is 4.30. The van der Waals surface area contributed by atoms with Crippen LogP contribution in [0.3, 0.4) is 0 Å². The van der Waals surface area contributed by atoms with Gasteiger partial charge in [0.15, 0.2) is 0 Å². The van der Waals surface area contributed by atoms with Crippen molar-refractivity contribution in [2.45, 2.75) is 25.8 Å². The molecular weight excluding hydrogens is 308 g/mol. The third kappa shape index (κ3) is 3.13. The SMILES string of the molecule is COc1ccc(C)cc1NC(=O)[C@H]1CCCN1C(=O)c1ccoc1. The van der Waals surface area contributed by atoms with Gasteiger partial charge in [0, 0.05) is 6.54 Å². The van der Waals surface area contributed by atoms with E-state index in [-0.39, 0.29) is 11.8 Å². The molecular formula is C18H20N2O4. The molecule has 1 aliphatic heterocycles. The average molecular weight is 328 g/mol. The van der Waals surface area contributed by atoms with Crippen molar-refractivity contribution in [3.05, 3.63) is 47.9 Å². The first-order valence-corrected chi connectivity index (χ1v) is 7.89. The highest BCUT2D eigenvalue weighted by atomic mass is 16.5. The zero-order chi connectivity index (χ0) is 17.1. The second-order valence-corrected chi connectivity index (χ2v) is 5.86. The molecule has 0 aliphatic carbocycles. The van der Waals surface area contributed by atoms with E-state index >= 15 is 0 Å². The number of amides is 2. The van der Waals surface area contributed by atoms with E-state index < -0.39 is 6.04 Å². The normalized spacial score (nSPS) is 16.9. The molecule has 1 aliphatic rings. The zero-order valence-corrected chi connectivity index (χ0v) is 13.7. The Kier molecular flexibility index (Phi) is 4.55. The van der Waals surface area contributed by atoms with Gasteiger partial charge >= 0.3 is 0 Å². The number of methoxy groups -OCH3 is 1. The number of aryl methyl sites for hydroxylation is 1. The number of anilines is 1. The van der Waals surface area contributed by atoms with Gasteiger partial charge in [-0.05, 0) is 43.5 Å². The van der Waals surface area contributed by atoms with Gasteiger partial charge in [-0.3, -0.25) is 9.59 Å². The number of nitrogens with zero attached hydrogens (tertiary/aromatic N) is 1. The Balaban J connectivity index is 1.77. The Morgan fingerprint density at radius 1 is 1.33 bits per heavy atom. The number of carbonyl (C=O) groups is 2. The highest BCUT2D eigenvalue weighted by Crippen LogP contribution is 2.27. The third-order valence-corrected chi connectivity index (χ3v) is 4.20. The summed E-state index contributed by atoms with van der Waals surface area (Å²) in [7, 11) is 1.56. The third-order valence-electron chi connectivity index (χ3n) is 4.20. The van der Waals surface area contributed by atoms with Crippen LogP contribution in [-0.4, -0.2) is 36.4 Å². The largest absolute Gasteiger partial charge is 0.495 e. The molecule has 1 N–H and O–H groups in total. The summed E-state index contributed by atoms with van der Waals surface area (Å²) in [5, 5.41) is 2.89. The summed E-state index contributed by atoms with van der Waals surface area (Å²) in [5.74, 6) is 0.213. The van der Waals surface area contributed by atoms with Crippen LogP contribution >= 0.6 is 0 Å². The molecule has 0 saturated carbocycles. The fourth-order valence-electron chi connectivity index (χ4n) is 2.97. The molecule has 2 aromatic rings. The van der Waals surface area contributed by atoms with Crippen molar-refractivity contribution in [3.63, 3.8) is 0 Å². The Morgan fingerprint density at radius 2 is 2.17 bits per heavy atom. The minimum absolute atomic E-state index is 0.183. The van der Waals surface area contributed by atoms with Gasteiger partial charge in [0.05, 0.1) is 24.6 Å². The van der Waals surface area contributed by atoms with Crippen molar-refractivity contribution in [1.29, 1.82) is 0 Å². The van der Waals surface area contributed by atoms with Crippen molar-refractivity contribution in [2.75, 3.05) is 19.0 Å². The maximum absolute atomic E-state index is 12.7. The summed E-state index contributed by atoms with van der Waals surface area (Å²) < 4.78 is 10.3. The van der Waals surface area contributed by atoms with E-state index in [0.29, 0.717) is 30.0 Å². The lowest BCUT2D eigenvalue weighted by atomic mass is 10.1. The standard InChI is InChI=1S/C18H20N2O4/c1-12-5-6-16(23-2)14(10-12)19-17(21)15-4-3-8-20(15)18(22)13-7-9-24-11-13/h5-7,9-11,15H,3-4,8H2,1-2H3,(H,19,21)/t15-/m1/s1. The molecule has 0 spiro atoms. The van der Waals surface area contributed by atoms with Crippen molar-refractivity contribution in [2.24, 2.45) is 0 Å². The fourth-order valence-corrected chi connectivity index (χ4v) is 2.97. The minimum Gasteiger partial charge on any atom is -0.495 e. The number of nitrogens with one attached hydrogen (secondary N) is 1. The lowest BCUT2D eigenvalue weighted by Gasteiger charge is -2.24. The summed E-state index contributed by atoms with van der Waals surface area (Å²) in [6, 6.07) is 6.71. The minimum atomic E-state index is -0.488. The molecule has 6 nitrogen and oxygen atoms in total. The number of benzene rings is 1. The second kappa shape index (κ2) is 6.78. The highest BCUT2D eigenvalue weighted by molar-refractivity contribution is 6.02. The molecule has 1 atom stereocenters. The van der Waals surface area contributed by atoms with E-state index in [1.807, 2.05) is 25.1 Å². The van der Waals surface area contributed by atoms with E-state index in [0.717, 1.165) is 12.0 Å². The van der Waals surface area contributed by atoms with Gasteiger partial charge in [0.2, 0.25) is 5.91 Å². The average Bonchev–Trinajstić information content (AvgIpc) is 3.26. The first-order chi connectivity index (χ1) is 11.6. The quantitative estimate of drug-likeness (QED) is 0.937. The number of hydrogen-bond donors (Lipinski definition) is 1. The number of furan rings is 1. The Hall–Kier alpha value is -2.76. The maximum atomic E-state index is 12.7. The summed E-state index contributed by atoms with van der Waals surface area (Å²) in [6.45, 7) is 2.51. The summed E-state index contributed by atoms with van der Waals surface area (Å²) >= 11 is 0.